The van der Waals surface area contributed by atoms with Crippen LogP contribution in [0.1, 0.15) is 43.5 Å². The van der Waals surface area contributed by atoms with Gasteiger partial charge in [0.15, 0.2) is 0 Å². The van der Waals surface area contributed by atoms with Gasteiger partial charge in [-0.05, 0) is 69.3 Å². The van der Waals surface area contributed by atoms with Crippen molar-refractivity contribution in [1.82, 2.24) is 5.32 Å². The molecule has 1 aromatic rings. The van der Waals surface area contributed by atoms with Crippen molar-refractivity contribution in [2.45, 2.75) is 39.3 Å². The quantitative estimate of drug-likeness (QED) is 0.844. The van der Waals surface area contributed by atoms with Crippen LogP contribution in [0.3, 0.4) is 0 Å². The van der Waals surface area contributed by atoms with Crippen LogP contribution in [-0.4, -0.2) is 19.6 Å². The molecular formula is C16H25FN2. The Bertz CT molecular complexity index is 398. The molecule has 0 spiro atoms. The Labute approximate surface area is 115 Å². The molecule has 0 aromatic heterocycles. The lowest BCUT2D eigenvalue weighted by Crippen LogP contribution is -2.28. The molecule has 1 aliphatic heterocycles. The third-order valence-corrected chi connectivity index (χ3v) is 4.04. The Hall–Kier alpha value is -1.09. The molecular weight excluding hydrogens is 239 g/mol. The number of halogens is 1. The summed E-state index contributed by atoms with van der Waals surface area (Å²) in [5.41, 5.74) is 3.03. The largest absolute Gasteiger partial charge is 0.385 e. The average molecular weight is 264 g/mol. The van der Waals surface area contributed by atoms with E-state index in [0.717, 1.165) is 42.4 Å². The molecule has 1 atom stereocenters. The molecule has 1 saturated heterocycles. The number of nitrogens with one attached hydrogen (secondary N) is 2. The van der Waals surface area contributed by atoms with Gasteiger partial charge in [0.2, 0.25) is 0 Å². The van der Waals surface area contributed by atoms with Crippen molar-refractivity contribution in [3.8, 4) is 0 Å². The number of rotatable bonds is 5. The molecule has 1 aromatic carbocycles. The first kappa shape index (κ1) is 14.3. The zero-order valence-corrected chi connectivity index (χ0v) is 12.0. The van der Waals surface area contributed by atoms with Crippen molar-refractivity contribution in [2.75, 3.05) is 25.0 Å². The molecule has 1 aliphatic rings. The van der Waals surface area contributed by atoms with Crippen LogP contribution in [-0.2, 0) is 0 Å². The highest BCUT2D eigenvalue weighted by Crippen LogP contribution is 2.23. The highest BCUT2D eigenvalue weighted by atomic mass is 19.1. The number of alkyl halides is 1. The number of anilines is 1. The van der Waals surface area contributed by atoms with Gasteiger partial charge < -0.3 is 10.6 Å². The minimum Gasteiger partial charge on any atom is -0.385 e. The van der Waals surface area contributed by atoms with Crippen LogP contribution in [0.5, 0.6) is 0 Å². The summed E-state index contributed by atoms with van der Waals surface area (Å²) in [4.78, 5) is 0. The predicted molar refractivity (Wildman–Crippen MR) is 79.4 cm³/mol. The average Bonchev–Trinajstić information content (AvgIpc) is 2.41. The van der Waals surface area contributed by atoms with E-state index in [1.54, 1.807) is 6.92 Å². The number of benzene rings is 1. The molecule has 2 nitrogen and oxygen atoms in total. The summed E-state index contributed by atoms with van der Waals surface area (Å²) < 4.78 is 13.2. The molecule has 0 aliphatic carbocycles. The zero-order chi connectivity index (χ0) is 13.7. The molecule has 1 fully saturated rings. The monoisotopic (exact) mass is 264 g/mol. The summed E-state index contributed by atoms with van der Waals surface area (Å²) in [6.45, 7) is 6.95. The highest BCUT2D eigenvalue weighted by Gasteiger charge is 2.12. The molecule has 0 amide bonds. The normalized spacial score (nSPS) is 18.3. The molecule has 19 heavy (non-hydrogen) atoms. The first-order valence-corrected chi connectivity index (χ1v) is 7.36. The fourth-order valence-corrected chi connectivity index (χ4v) is 2.71. The Morgan fingerprint density at radius 3 is 2.74 bits per heavy atom. The van der Waals surface area contributed by atoms with Gasteiger partial charge in [-0.25, -0.2) is 4.39 Å². The van der Waals surface area contributed by atoms with Gasteiger partial charge in [0, 0.05) is 12.2 Å². The van der Waals surface area contributed by atoms with E-state index in [4.69, 9.17) is 0 Å². The number of aryl methyl sites for hydroxylation is 1. The van der Waals surface area contributed by atoms with E-state index in [9.17, 15) is 4.39 Å². The van der Waals surface area contributed by atoms with Crippen LogP contribution in [0.4, 0.5) is 10.1 Å². The summed E-state index contributed by atoms with van der Waals surface area (Å²) in [6, 6.07) is 5.82. The Balaban J connectivity index is 1.82. The van der Waals surface area contributed by atoms with Crippen LogP contribution >= 0.6 is 0 Å². The molecule has 1 heterocycles. The smallest absolute Gasteiger partial charge is 0.122 e. The van der Waals surface area contributed by atoms with Crippen molar-refractivity contribution in [3.63, 3.8) is 0 Å². The molecule has 2 rings (SSSR count). The second kappa shape index (κ2) is 6.90. The van der Waals surface area contributed by atoms with E-state index in [2.05, 4.69) is 10.6 Å². The van der Waals surface area contributed by atoms with Gasteiger partial charge in [-0.2, -0.15) is 0 Å². The van der Waals surface area contributed by atoms with Gasteiger partial charge in [0.1, 0.15) is 6.17 Å². The van der Waals surface area contributed by atoms with Crippen molar-refractivity contribution >= 4 is 5.69 Å². The maximum absolute atomic E-state index is 13.2. The first-order valence-electron chi connectivity index (χ1n) is 7.36. The van der Waals surface area contributed by atoms with Crippen LogP contribution in [0.2, 0.25) is 0 Å². The SMILES string of the molecule is Cc1cc(C(C)F)ccc1NCCC1CCNCC1. The second-order valence-corrected chi connectivity index (χ2v) is 5.60. The molecule has 2 N–H and O–H groups in total. The predicted octanol–water partition coefficient (Wildman–Crippen LogP) is 3.83. The Kier molecular flexibility index (Phi) is 5.20. The molecule has 0 radical (unpaired) electrons. The maximum atomic E-state index is 13.2. The van der Waals surface area contributed by atoms with Gasteiger partial charge in [-0.3, -0.25) is 0 Å². The summed E-state index contributed by atoms with van der Waals surface area (Å²) in [7, 11) is 0. The Morgan fingerprint density at radius 2 is 2.11 bits per heavy atom. The van der Waals surface area contributed by atoms with Crippen molar-refractivity contribution in [3.05, 3.63) is 29.3 Å². The van der Waals surface area contributed by atoms with E-state index in [1.165, 1.54) is 19.3 Å². The highest BCUT2D eigenvalue weighted by molar-refractivity contribution is 5.52. The molecule has 0 bridgehead atoms. The summed E-state index contributed by atoms with van der Waals surface area (Å²) in [5, 5.41) is 6.88. The lowest BCUT2D eigenvalue weighted by molar-refractivity contribution is 0.361. The van der Waals surface area contributed by atoms with E-state index in [-0.39, 0.29) is 0 Å². The lowest BCUT2D eigenvalue weighted by Gasteiger charge is -2.23. The van der Waals surface area contributed by atoms with Crippen LogP contribution in [0, 0.1) is 12.8 Å². The van der Waals surface area contributed by atoms with Crippen LogP contribution in [0.25, 0.3) is 0 Å². The third-order valence-electron chi connectivity index (χ3n) is 4.04. The minimum atomic E-state index is -0.887. The fraction of sp³-hybridized carbons (Fsp3) is 0.625. The fourth-order valence-electron chi connectivity index (χ4n) is 2.71. The van der Waals surface area contributed by atoms with Gasteiger partial charge in [-0.15, -0.1) is 0 Å². The molecule has 106 valence electrons. The molecule has 3 heteroatoms. The van der Waals surface area contributed by atoms with E-state index in [0.29, 0.717) is 0 Å². The third kappa shape index (κ3) is 4.20. The minimum absolute atomic E-state index is 0.765. The van der Waals surface area contributed by atoms with E-state index < -0.39 is 6.17 Å². The molecule has 1 unspecified atom stereocenters. The maximum Gasteiger partial charge on any atom is 0.122 e. The standard InChI is InChI=1S/C16H25FN2/c1-12-11-15(13(2)17)3-4-16(12)19-10-7-14-5-8-18-9-6-14/h3-4,11,13-14,18-19H,5-10H2,1-2H3. The summed E-state index contributed by atoms with van der Waals surface area (Å²) in [5.74, 6) is 0.846. The first-order chi connectivity index (χ1) is 9.16. The zero-order valence-electron chi connectivity index (χ0n) is 12.0. The van der Waals surface area contributed by atoms with Gasteiger partial charge in [0.25, 0.3) is 0 Å². The van der Waals surface area contributed by atoms with Gasteiger partial charge >= 0.3 is 0 Å². The summed E-state index contributed by atoms with van der Waals surface area (Å²) in [6.07, 6.45) is 2.92. The summed E-state index contributed by atoms with van der Waals surface area (Å²) >= 11 is 0. The van der Waals surface area contributed by atoms with Crippen LogP contribution < -0.4 is 10.6 Å². The second-order valence-electron chi connectivity index (χ2n) is 5.60. The van der Waals surface area contributed by atoms with Crippen molar-refractivity contribution in [1.29, 1.82) is 0 Å². The Morgan fingerprint density at radius 1 is 1.37 bits per heavy atom. The van der Waals surface area contributed by atoms with Gasteiger partial charge in [-0.1, -0.05) is 12.1 Å². The van der Waals surface area contributed by atoms with Gasteiger partial charge in [0.05, 0.1) is 0 Å². The molecule has 0 saturated carbocycles. The topological polar surface area (TPSA) is 24.1 Å². The number of piperidine rings is 1. The van der Waals surface area contributed by atoms with Crippen molar-refractivity contribution in [2.24, 2.45) is 5.92 Å². The van der Waals surface area contributed by atoms with Crippen molar-refractivity contribution < 1.29 is 4.39 Å². The van der Waals surface area contributed by atoms with E-state index >= 15 is 0 Å². The number of hydrogen-bond acceptors (Lipinski definition) is 2. The number of hydrogen-bond donors (Lipinski definition) is 2. The van der Waals surface area contributed by atoms with Crippen LogP contribution in [0.15, 0.2) is 18.2 Å². The van der Waals surface area contributed by atoms with E-state index in [1.807, 2.05) is 25.1 Å². The lowest BCUT2D eigenvalue weighted by atomic mass is 9.94.